The smallest absolute Gasteiger partial charge is 0.375 e. The lowest BCUT2D eigenvalue weighted by Crippen LogP contribution is -2.52. The zero-order chi connectivity index (χ0) is 12.7. The molecule has 0 rings (SSSR count). The van der Waals surface area contributed by atoms with Crippen molar-refractivity contribution in [1.82, 2.24) is 0 Å². The van der Waals surface area contributed by atoms with Crippen molar-refractivity contribution in [2.24, 2.45) is 0 Å². The van der Waals surface area contributed by atoms with Crippen molar-refractivity contribution < 1.29 is 39.1 Å². The Bertz CT molecular complexity index is 363. The van der Waals surface area contributed by atoms with Crippen LogP contribution in [0.25, 0.3) is 0 Å². The highest BCUT2D eigenvalue weighted by Gasteiger charge is 2.66. The van der Waals surface area contributed by atoms with E-state index in [0.29, 0.717) is 0 Å². The zero-order valence-corrected chi connectivity index (χ0v) is 8.55. The Balaban J connectivity index is 5.42. The molecule has 92 valence electrons. The van der Waals surface area contributed by atoms with E-state index < -0.39 is 37.6 Å². The van der Waals surface area contributed by atoms with Crippen molar-refractivity contribution in [2.45, 2.75) is 16.7 Å². The van der Waals surface area contributed by atoms with Crippen molar-refractivity contribution in [1.29, 1.82) is 0 Å². The number of hydrogen-bond acceptors (Lipinski definition) is 4. The maximum atomic E-state index is 12.5. The van der Waals surface area contributed by atoms with Crippen LogP contribution < -0.4 is 0 Å². The second-order valence-electron chi connectivity index (χ2n) is 2.52. The summed E-state index contributed by atoms with van der Waals surface area (Å²) in [5, 5.41) is -5.80. The molecule has 0 saturated carbocycles. The molecule has 0 aliphatic rings. The molecule has 0 heterocycles. The van der Waals surface area contributed by atoms with E-state index in [1.165, 1.54) is 0 Å². The minimum atomic E-state index is -5.84. The first kappa shape index (κ1) is 14.7. The average molecular weight is 275 g/mol. The largest absolute Gasteiger partial charge is 0.768 e. The van der Waals surface area contributed by atoms with Crippen molar-refractivity contribution in [2.75, 3.05) is 6.26 Å². The van der Waals surface area contributed by atoms with Crippen LogP contribution in [0.5, 0.6) is 0 Å². The fourth-order valence-electron chi connectivity index (χ4n) is 0.512. The van der Waals surface area contributed by atoms with E-state index >= 15 is 0 Å². The van der Waals surface area contributed by atoms with Crippen LogP contribution in [-0.2, 0) is 20.9 Å². The second kappa shape index (κ2) is 3.94. The molecular formula is C4H4F5O4S2-. The molecule has 0 N–H and O–H groups in total. The van der Waals surface area contributed by atoms with Gasteiger partial charge >= 0.3 is 11.2 Å². The molecule has 0 aromatic carbocycles. The molecule has 0 spiro atoms. The molecule has 2 atom stereocenters. The second-order valence-corrected chi connectivity index (χ2v) is 5.58. The van der Waals surface area contributed by atoms with Gasteiger partial charge in [0.1, 0.15) is 0 Å². The topological polar surface area (TPSA) is 74.3 Å². The van der Waals surface area contributed by atoms with Crippen molar-refractivity contribution in [3.8, 4) is 0 Å². The van der Waals surface area contributed by atoms with Crippen molar-refractivity contribution >= 4 is 20.9 Å². The molecule has 2 unspecified atom stereocenters. The lowest BCUT2D eigenvalue weighted by atomic mass is 10.4. The Hall–Kier alpha value is -0.290. The minimum absolute atomic E-state index is 0.0601. The van der Waals surface area contributed by atoms with Crippen LogP contribution in [0.1, 0.15) is 0 Å². The highest BCUT2D eigenvalue weighted by Crippen LogP contribution is 2.41. The predicted molar refractivity (Wildman–Crippen MR) is 38.6 cm³/mol. The van der Waals surface area contributed by atoms with Gasteiger partial charge in [-0.1, -0.05) is 0 Å². The first-order chi connectivity index (χ1) is 6.35. The van der Waals surface area contributed by atoms with Crippen LogP contribution in [0.2, 0.25) is 0 Å². The lowest BCUT2D eigenvalue weighted by molar-refractivity contribution is -0.176. The van der Waals surface area contributed by atoms with Gasteiger partial charge in [-0.15, -0.1) is 0 Å². The highest BCUT2D eigenvalue weighted by molar-refractivity contribution is 7.91. The molecule has 0 radical (unpaired) electrons. The SMILES string of the molecule is CS(=O)(=O)C(F)C(F)(F)C(F)(F)S(=O)[O-]. The van der Waals surface area contributed by atoms with Gasteiger partial charge in [0.05, 0.1) is 0 Å². The number of hydrogen-bond donors (Lipinski definition) is 0. The van der Waals surface area contributed by atoms with E-state index in [-0.39, 0.29) is 6.26 Å². The first-order valence-corrected chi connectivity index (χ1v) is 6.06. The standard InChI is InChI=1S/C4H5F5O4S2/c1-15(12,13)2(5)3(6,7)4(8,9)14(10)11/h2H,1H3,(H,10,11)/p-1. The number of rotatable bonds is 4. The third kappa shape index (κ3) is 2.64. The van der Waals surface area contributed by atoms with Crippen LogP contribution in [0.3, 0.4) is 0 Å². The summed E-state index contributed by atoms with van der Waals surface area (Å²) in [7, 11) is -5.15. The van der Waals surface area contributed by atoms with Gasteiger partial charge in [-0.05, 0) is 0 Å². The average Bonchev–Trinajstić information content (AvgIpc) is 2.00. The van der Waals surface area contributed by atoms with Crippen LogP contribution in [-0.4, -0.2) is 40.1 Å². The van der Waals surface area contributed by atoms with Gasteiger partial charge in [-0.25, -0.2) is 12.8 Å². The Kier molecular flexibility index (Phi) is 3.86. The predicted octanol–water partition coefficient (Wildman–Crippen LogP) is 0.434. The Labute approximate surface area is 83.7 Å². The van der Waals surface area contributed by atoms with E-state index in [1.807, 2.05) is 0 Å². The fourth-order valence-corrected chi connectivity index (χ4v) is 1.60. The van der Waals surface area contributed by atoms with E-state index in [0.717, 1.165) is 0 Å². The maximum Gasteiger partial charge on any atom is 0.375 e. The molecule has 0 aliphatic carbocycles. The van der Waals surface area contributed by atoms with E-state index in [4.69, 9.17) is 0 Å². The van der Waals surface area contributed by atoms with Crippen LogP contribution in [0, 0.1) is 0 Å². The minimum Gasteiger partial charge on any atom is -0.768 e. The molecule has 0 aromatic heterocycles. The normalized spacial score (nSPS) is 18.6. The molecule has 0 amide bonds. The molecule has 11 heteroatoms. The molecule has 15 heavy (non-hydrogen) atoms. The van der Waals surface area contributed by atoms with Crippen LogP contribution in [0.4, 0.5) is 22.0 Å². The molecule has 4 nitrogen and oxygen atoms in total. The summed E-state index contributed by atoms with van der Waals surface area (Å²) in [6.45, 7) is 0. The number of sulfone groups is 1. The zero-order valence-electron chi connectivity index (χ0n) is 6.92. The van der Waals surface area contributed by atoms with Gasteiger partial charge in [-0.3, -0.25) is 4.21 Å². The quantitative estimate of drug-likeness (QED) is 0.551. The summed E-state index contributed by atoms with van der Waals surface area (Å²) < 4.78 is 102. The number of halogens is 5. The molecular weight excluding hydrogens is 271 g/mol. The van der Waals surface area contributed by atoms with Crippen molar-refractivity contribution in [3.05, 3.63) is 0 Å². The third-order valence-electron chi connectivity index (χ3n) is 1.26. The summed E-state index contributed by atoms with van der Waals surface area (Å²) in [4.78, 5) is 0. The Morgan fingerprint density at radius 3 is 1.80 bits per heavy atom. The lowest BCUT2D eigenvalue weighted by Gasteiger charge is -2.29. The molecule has 0 aliphatic heterocycles. The van der Waals surface area contributed by atoms with E-state index in [2.05, 4.69) is 0 Å². The summed E-state index contributed by atoms with van der Waals surface area (Å²) >= 11 is -4.64. The molecule has 0 bridgehead atoms. The van der Waals surface area contributed by atoms with Crippen LogP contribution >= 0.6 is 0 Å². The van der Waals surface area contributed by atoms with Gasteiger partial charge in [0.15, 0.2) is 9.84 Å². The monoisotopic (exact) mass is 275 g/mol. The molecule has 0 fully saturated rings. The maximum absolute atomic E-state index is 12.5. The van der Waals surface area contributed by atoms with E-state index in [9.17, 15) is 39.1 Å². The van der Waals surface area contributed by atoms with Gasteiger partial charge < -0.3 is 4.55 Å². The number of alkyl halides is 5. The summed E-state index contributed by atoms with van der Waals surface area (Å²) in [6, 6.07) is 0. The first-order valence-electron chi connectivity index (χ1n) is 3.03. The molecule has 0 aromatic rings. The van der Waals surface area contributed by atoms with Crippen LogP contribution in [0.15, 0.2) is 0 Å². The van der Waals surface area contributed by atoms with E-state index in [1.54, 1.807) is 0 Å². The summed E-state index contributed by atoms with van der Waals surface area (Å²) in [5.74, 6) is -5.84. The van der Waals surface area contributed by atoms with Gasteiger partial charge in [0.25, 0.3) is 5.50 Å². The summed E-state index contributed by atoms with van der Waals surface area (Å²) in [6.07, 6.45) is -0.0601. The van der Waals surface area contributed by atoms with Gasteiger partial charge in [0.2, 0.25) is 0 Å². The fraction of sp³-hybridized carbons (Fsp3) is 1.00. The third-order valence-corrected chi connectivity index (χ3v) is 3.00. The highest BCUT2D eigenvalue weighted by atomic mass is 32.2. The molecule has 0 saturated heterocycles. The summed E-state index contributed by atoms with van der Waals surface area (Å²) in [5.41, 5.74) is -4.29. The van der Waals surface area contributed by atoms with Gasteiger partial charge in [0, 0.05) is 17.3 Å². The van der Waals surface area contributed by atoms with Gasteiger partial charge in [-0.2, -0.15) is 17.6 Å². The van der Waals surface area contributed by atoms with Crippen molar-refractivity contribution in [3.63, 3.8) is 0 Å². The Morgan fingerprint density at radius 2 is 1.60 bits per heavy atom. The Morgan fingerprint density at radius 1 is 1.27 bits per heavy atom.